The maximum absolute atomic E-state index is 13.4. The average molecular weight is 436 g/mol. The van der Waals surface area contributed by atoms with E-state index in [4.69, 9.17) is 0 Å². The molecule has 1 atom stereocenters. The van der Waals surface area contributed by atoms with Gasteiger partial charge in [0.05, 0.1) is 11.6 Å². The minimum atomic E-state index is -0.115. The van der Waals surface area contributed by atoms with Crippen LogP contribution in [0.1, 0.15) is 30.4 Å². The Morgan fingerprint density at radius 1 is 1.09 bits per heavy atom. The van der Waals surface area contributed by atoms with E-state index in [0.717, 1.165) is 44.6 Å². The van der Waals surface area contributed by atoms with Crippen LogP contribution in [0, 0.1) is 5.92 Å². The van der Waals surface area contributed by atoms with Crippen LogP contribution in [0.2, 0.25) is 0 Å². The van der Waals surface area contributed by atoms with Crippen LogP contribution < -0.4 is 9.80 Å². The van der Waals surface area contributed by atoms with E-state index < -0.39 is 0 Å². The van der Waals surface area contributed by atoms with Gasteiger partial charge in [-0.15, -0.1) is 0 Å². The third-order valence-corrected chi connectivity index (χ3v) is 7.71. The van der Waals surface area contributed by atoms with E-state index in [9.17, 15) is 15.0 Å². The third kappa shape index (κ3) is 3.55. The van der Waals surface area contributed by atoms with Crippen molar-refractivity contribution in [2.75, 3.05) is 56.2 Å². The van der Waals surface area contributed by atoms with Crippen molar-refractivity contribution in [1.82, 2.24) is 4.90 Å². The highest BCUT2D eigenvalue weighted by Crippen LogP contribution is 2.46. The molecule has 6 nitrogen and oxygen atoms in total. The van der Waals surface area contributed by atoms with Crippen LogP contribution >= 0.6 is 0 Å². The number of aliphatic hydroxyl groups excluding tert-OH is 1. The predicted octanol–water partition coefficient (Wildman–Crippen LogP) is 2.76. The summed E-state index contributed by atoms with van der Waals surface area (Å²) in [5.74, 6) is 0.102. The van der Waals surface area contributed by atoms with Gasteiger partial charge in [-0.3, -0.25) is 4.79 Å². The van der Waals surface area contributed by atoms with E-state index in [2.05, 4.69) is 41.1 Å². The summed E-state index contributed by atoms with van der Waals surface area (Å²) in [7, 11) is 2.19. The highest BCUT2D eigenvalue weighted by molar-refractivity contribution is 5.99. The third-order valence-electron chi connectivity index (χ3n) is 7.71. The van der Waals surface area contributed by atoms with Crippen molar-refractivity contribution >= 4 is 17.3 Å². The number of piperidine rings is 1. The molecule has 3 heterocycles. The second kappa shape index (κ2) is 8.41. The maximum atomic E-state index is 13.4. The minimum Gasteiger partial charge on any atom is -0.506 e. The van der Waals surface area contributed by atoms with Gasteiger partial charge in [0.25, 0.3) is 0 Å². The lowest BCUT2D eigenvalue weighted by molar-refractivity contribution is -0.123. The fourth-order valence-electron chi connectivity index (χ4n) is 6.11. The Hall–Kier alpha value is -2.57. The summed E-state index contributed by atoms with van der Waals surface area (Å²) >= 11 is 0. The lowest BCUT2D eigenvalue weighted by Crippen LogP contribution is -2.50. The lowest BCUT2D eigenvalue weighted by Gasteiger charge is -2.42. The molecule has 0 aliphatic carbocycles. The van der Waals surface area contributed by atoms with Crippen LogP contribution in [0.25, 0.3) is 0 Å². The zero-order chi connectivity index (χ0) is 22.3. The van der Waals surface area contributed by atoms with Gasteiger partial charge in [-0.2, -0.15) is 0 Å². The zero-order valence-electron chi connectivity index (χ0n) is 18.8. The van der Waals surface area contributed by atoms with Crippen molar-refractivity contribution in [3.63, 3.8) is 0 Å². The topological polar surface area (TPSA) is 67.2 Å². The predicted molar refractivity (Wildman–Crippen MR) is 126 cm³/mol. The number of carbonyl (C=O) groups is 1. The molecule has 170 valence electrons. The molecule has 32 heavy (non-hydrogen) atoms. The van der Waals surface area contributed by atoms with Crippen LogP contribution in [0.4, 0.5) is 11.4 Å². The molecular weight excluding hydrogens is 402 g/mol. The molecule has 2 N–H and O–H groups in total. The summed E-state index contributed by atoms with van der Waals surface area (Å²) in [6.07, 6.45) is 3.39. The summed E-state index contributed by atoms with van der Waals surface area (Å²) in [5, 5.41) is 19.7. The van der Waals surface area contributed by atoms with Crippen LogP contribution in [-0.4, -0.2) is 67.4 Å². The van der Waals surface area contributed by atoms with Crippen molar-refractivity contribution in [2.45, 2.75) is 31.1 Å². The average Bonchev–Trinajstić information content (AvgIpc) is 3.07. The van der Waals surface area contributed by atoms with Crippen molar-refractivity contribution in [3.8, 4) is 5.75 Å². The molecule has 1 fully saturated rings. The number of fused-ring (bicyclic) bond motifs is 3. The molecule has 0 radical (unpaired) electrons. The number of aliphatic hydroxyl groups is 1. The Balaban J connectivity index is 1.30. The molecule has 0 saturated carbocycles. The molecule has 1 amide bonds. The monoisotopic (exact) mass is 435 g/mol. The van der Waals surface area contributed by atoms with Crippen molar-refractivity contribution in [3.05, 3.63) is 53.6 Å². The quantitative estimate of drug-likeness (QED) is 0.756. The molecule has 3 aliphatic rings. The first-order chi connectivity index (χ1) is 15.5. The number of likely N-dealkylation sites (tertiary alicyclic amines) is 1. The summed E-state index contributed by atoms with van der Waals surface area (Å²) in [6, 6.07) is 14.3. The molecule has 0 aromatic heterocycles. The normalized spacial score (nSPS) is 22.3. The number of hydrogen-bond donors (Lipinski definition) is 2. The van der Waals surface area contributed by atoms with E-state index >= 15 is 0 Å². The molecule has 5 rings (SSSR count). The second-order valence-electron chi connectivity index (χ2n) is 9.71. The van der Waals surface area contributed by atoms with Gasteiger partial charge in [-0.1, -0.05) is 30.3 Å². The molecule has 0 bridgehead atoms. The highest BCUT2D eigenvalue weighted by atomic mass is 16.3. The summed E-state index contributed by atoms with van der Waals surface area (Å²) in [5.41, 5.74) is 4.72. The first-order valence-electron chi connectivity index (χ1n) is 11.8. The van der Waals surface area contributed by atoms with Crippen LogP contribution in [0.15, 0.2) is 42.5 Å². The standard InChI is InChI=1S/C26H33N3O3/c1-27-18-26(21-7-2-3-8-22(21)27)10-13-28(14-11-26)17-20-16-19-6-4-9-23(31)24(19)29(25(20)32)12-5-15-30/h2-4,6-9,20,30-31H,5,10-18H2,1H3. The van der Waals surface area contributed by atoms with E-state index in [0.29, 0.717) is 25.1 Å². The summed E-state index contributed by atoms with van der Waals surface area (Å²) in [4.78, 5) is 19.9. The van der Waals surface area contributed by atoms with Gasteiger partial charge in [-0.05, 0) is 62.0 Å². The van der Waals surface area contributed by atoms with E-state index in [1.807, 2.05) is 12.1 Å². The Kier molecular flexibility index (Phi) is 5.59. The van der Waals surface area contributed by atoms with Crippen molar-refractivity contribution < 1.29 is 15.0 Å². The van der Waals surface area contributed by atoms with Crippen molar-refractivity contribution in [1.29, 1.82) is 0 Å². The largest absolute Gasteiger partial charge is 0.506 e. The molecule has 3 aliphatic heterocycles. The zero-order valence-corrected chi connectivity index (χ0v) is 18.8. The number of rotatable bonds is 5. The van der Waals surface area contributed by atoms with Gasteiger partial charge in [0.2, 0.25) is 5.91 Å². The van der Waals surface area contributed by atoms with Gasteiger partial charge in [0.15, 0.2) is 0 Å². The number of anilines is 2. The number of aromatic hydroxyl groups is 1. The molecule has 2 aromatic rings. The molecular formula is C26H33N3O3. The highest BCUT2D eigenvalue weighted by Gasteiger charge is 2.44. The van der Waals surface area contributed by atoms with Crippen LogP contribution in [-0.2, 0) is 16.6 Å². The lowest BCUT2D eigenvalue weighted by atomic mass is 9.74. The molecule has 1 unspecified atom stereocenters. The number of amides is 1. The van der Waals surface area contributed by atoms with E-state index in [1.165, 1.54) is 11.3 Å². The fourth-order valence-corrected chi connectivity index (χ4v) is 6.11. The molecule has 6 heteroatoms. The number of nitrogens with zero attached hydrogens (tertiary/aromatic N) is 3. The van der Waals surface area contributed by atoms with Crippen LogP contribution in [0.3, 0.4) is 0 Å². The number of carbonyl (C=O) groups excluding carboxylic acids is 1. The van der Waals surface area contributed by atoms with Crippen molar-refractivity contribution in [2.24, 2.45) is 5.92 Å². The Morgan fingerprint density at radius 3 is 2.66 bits per heavy atom. The number of phenolic OH excluding ortho intramolecular Hbond substituents is 1. The number of likely N-dealkylation sites (N-methyl/N-ethyl adjacent to an activating group) is 1. The number of para-hydroxylation sites is 2. The summed E-state index contributed by atoms with van der Waals surface area (Å²) < 4.78 is 0. The number of hydrogen-bond acceptors (Lipinski definition) is 5. The fraction of sp³-hybridized carbons (Fsp3) is 0.500. The maximum Gasteiger partial charge on any atom is 0.231 e. The van der Waals surface area contributed by atoms with Gasteiger partial charge in [0.1, 0.15) is 5.75 Å². The Bertz CT molecular complexity index is 1000. The minimum absolute atomic E-state index is 0.0293. The van der Waals surface area contributed by atoms with Crippen LogP contribution in [0.5, 0.6) is 5.75 Å². The second-order valence-corrected chi connectivity index (χ2v) is 9.71. The van der Waals surface area contributed by atoms with Gasteiger partial charge >= 0.3 is 0 Å². The Morgan fingerprint density at radius 2 is 1.88 bits per heavy atom. The molecule has 2 aromatic carbocycles. The summed E-state index contributed by atoms with van der Waals surface area (Å²) in [6.45, 7) is 4.27. The van der Waals surface area contributed by atoms with Gasteiger partial charge in [-0.25, -0.2) is 0 Å². The number of phenols is 1. The van der Waals surface area contributed by atoms with E-state index in [1.54, 1.807) is 11.0 Å². The van der Waals surface area contributed by atoms with Gasteiger partial charge in [0, 0.05) is 44.4 Å². The molecule has 1 spiro atoms. The van der Waals surface area contributed by atoms with Gasteiger partial charge < -0.3 is 24.9 Å². The Labute approximate surface area is 190 Å². The van der Waals surface area contributed by atoms with E-state index in [-0.39, 0.29) is 29.6 Å². The number of benzene rings is 2. The molecule has 1 saturated heterocycles. The first kappa shape index (κ1) is 21.3. The first-order valence-corrected chi connectivity index (χ1v) is 11.8. The smallest absolute Gasteiger partial charge is 0.231 e. The SMILES string of the molecule is CN1CC2(CCN(CC3Cc4cccc(O)c4N(CCCO)C3=O)CC2)c2ccccc21.